The minimum atomic E-state index is -1.85. The van der Waals surface area contributed by atoms with Crippen molar-refractivity contribution in [3.8, 4) is 5.75 Å². The van der Waals surface area contributed by atoms with Crippen molar-refractivity contribution in [1.82, 2.24) is 0 Å². The Hall–Kier alpha value is -1.72. The summed E-state index contributed by atoms with van der Waals surface area (Å²) in [6.07, 6.45) is -2.81. The highest BCUT2D eigenvalue weighted by molar-refractivity contribution is 5.89. The Morgan fingerprint density at radius 1 is 1.14 bits per heavy atom. The van der Waals surface area contributed by atoms with Gasteiger partial charge in [-0.1, -0.05) is 12.8 Å². The molecule has 0 aliphatic rings. The molecule has 0 heterocycles. The lowest BCUT2D eigenvalue weighted by atomic mass is 9.98. The number of carboxylic acids is 1. The molecule has 1 aromatic carbocycles. The average molecular weight is 304 g/mol. The fraction of sp³-hybridized carbons (Fsp3) is 0.533. The summed E-state index contributed by atoms with van der Waals surface area (Å²) in [6.45, 7) is -0.471. The molecule has 2 atom stereocenters. The Balaban J connectivity index is 2.63. The van der Waals surface area contributed by atoms with E-state index in [0.29, 0.717) is 19.3 Å². The molecule has 118 valence electrons. The zero-order valence-electron chi connectivity index (χ0n) is 11.6. The van der Waals surface area contributed by atoms with E-state index in [1.165, 1.54) is 6.07 Å². The third kappa shape index (κ3) is 5.65. The number of unbranched alkanes of at least 4 members (excludes halogenated alkanes) is 2. The second-order valence-corrected chi connectivity index (χ2v) is 4.92. The Kier molecular flexibility index (Phi) is 7.05. The lowest BCUT2D eigenvalue weighted by Gasteiger charge is -2.15. The van der Waals surface area contributed by atoms with Crippen LogP contribution in [0.4, 0.5) is 13.2 Å². The number of hydrogen-bond acceptors (Lipinski definition) is 2. The Morgan fingerprint density at radius 2 is 1.86 bits per heavy atom. The lowest BCUT2D eigenvalue weighted by molar-refractivity contribution is 0.0694. The number of benzene rings is 1. The van der Waals surface area contributed by atoms with Gasteiger partial charge in [-0.3, -0.25) is 4.39 Å². The van der Waals surface area contributed by atoms with Crippen LogP contribution in [0.1, 0.15) is 41.6 Å². The van der Waals surface area contributed by atoms with Gasteiger partial charge in [0.1, 0.15) is 18.1 Å². The smallest absolute Gasteiger partial charge is 0.335 e. The maximum Gasteiger partial charge on any atom is 0.335 e. The number of hydrogen-bond donors (Lipinski definition) is 2. The summed E-state index contributed by atoms with van der Waals surface area (Å²) in [5.41, 5.74) is -0.0958. The molecule has 0 amide bonds. The summed E-state index contributed by atoms with van der Waals surface area (Å²) >= 11 is 0. The average Bonchev–Trinajstić information content (AvgIpc) is 2.43. The van der Waals surface area contributed by atoms with Crippen molar-refractivity contribution in [3.63, 3.8) is 0 Å². The standard InChI is InChI=1S/C15H19F3O3/c16-7-3-1-2-4-13(17)14(18)9-10-8-11(19)5-6-12(10)15(20)21/h5-6,8,13-14,19H,1-4,7,9H2,(H,20,21). The topological polar surface area (TPSA) is 57.5 Å². The zero-order chi connectivity index (χ0) is 15.8. The van der Waals surface area contributed by atoms with E-state index in [9.17, 15) is 23.1 Å². The third-order valence-corrected chi connectivity index (χ3v) is 3.24. The van der Waals surface area contributed by atoms with Crippen molar-refractivity contribution in [1.29, 1.82) is 0 Å². The van der Waals surface area contributed by atoms with Crippen molar-refractivity contribution in [2.24, 2.45) is 0 Å². The van der Waals surface area contributed by atoms with Gasteiger partial charge in [0.05, 0.1) is 12.2 Å². The summed E-state index contributed by atoms with van der Waals surface area (Å²) in [5.74, 6) is -1.45. The molecule has 2 N–H and O–H groups in total. The van der Waals surface area contributed by atoms with Gasteiger partial charge in [0.15, 0.2) is 0 Å². The molecule has 0 fully saturated rings. The maximum atomic E-state index is 13.8. The molecule has 0 saturated heterocycles. The fourth-order valence-corrected chi connectivity index (χ4v) is 2.09. The molecule has 3 nitrogen and oxygen atoms in total. The largest absolute Gasteiger partial charge is 0.508 e. The van der Waals surface area contributed by atoms with E-state index in [-0.39, 0.29) is 23.3 Å². The van der Waals surface area contributed by atoms with Gasteiger partial charge >= 0.3 is 5.97 Å². The molecule has 0 aliphatic carbocycles. The van der Waals surface area contributed by atoms with Crippen LogP contribution in [-0.4, -0.2) is 35.2 Å². The minimum Gasteiger partial charge on any atom is -0.508 e. The molecule has 0 saturated carbocycles. The van der Waals surface area contributed by atoms with Crippen LogP contribution in [0.15, 0.2) is 18.2 Å². The number of carbonyl (C=O) groups is 1. The number of phenols is 1. The number of carboxylic acid groups (broad SMARTS) is 1. The summed E-state index contributed by atoms with van der Waals surface area (Å²) in [7, 11) is 0. The molecule has 0 aromatic heterocycles. The van der Waals surface area contributed by atoms with E-state index in [2.05, 4.69) is 0 Å². The van der Waals surface area contributed by atoms with Gasteiger partial charge in [-0.25, -0.2) is 13.6 Å². The Labute approximate surface area is 121 Å². The van der Waals surface area contributed by atoms with Crippen molar-refractivity contribution in [2.75, 3.05) is 6.67 Å². The van der Waals surface area contributed by atoms with Crippen LogP contribution in [0.5, 0.6) is 5.75 Å². The highest BCUT2D eigenvalue weighted by Gasteiger charge is 2.23. The molecule has 2 unspecified atom stereocenters. The SMILES string of the molecule is O=C(O)c1ccc(O)cc1CC(F)C(F)CCCCCF. The van der Waals surface area contributed by atoms with Crippen LogP contribution in [0.25, 0.3) is 0 Å². The molecule has 0 bridgehead atoms. The van der Waals surface area contributed by atoms with Crippen molar-refractivity contribution >= 4 is 5.97 Å². The maximum absolute atomic E-state index is 13.8. The number of phenolic OH excluding ortho intramolecular Hbond substituents is 1. The first-order valence-electron chi connectivity index (χ1n) is 6.85. The second kappa shape index (κ2) is 8.54. The first kappa shape index (κ1) is 17.3. The van der Waals surface area contributed by atoms with Crippen LogP contribution in [0.3, 0.4) is 0 Å². The van der Waals surface area contributed by atoms with Gasteiger partial charge in [-0.2, -0.15) is 0 Å². The van der Waals surface area contributed by atoms with E-state index >= 15 is 0 Å². The number of alkyl halides is 3. The quantitative estimate of drug-likeness (QED) is 0.682. The van der Waals surface area contributed by atoms with Crippen molar-refractivity contribution in [2.45, 2.75) is 44.4 Å². The van der Waals surface area contributed by atoms with Gasteiger partial charge in [0, 0.05) is 6.42 Å². The van der Waals surface area contributed by atoms with E-state index in [0.717, 1.165) is 12.1 Å². The van der Waals surface area contributed by atoms with Gasteiger partial charge < -0.3 is 10.2 Å². The van der Waals surface area contributed by atoms with Crippen molar-refractivity contribution < 1.29 is 28.2 Å². The predicted octanol–water partition coefficient (Wildman–Crippen LogP) is 3.84. The normalized spacial score (nSPS) is 13.9. The van der Waals surface area contributed by atoms with E-state index in [4.69, 9.17) is 5.11 Å². The highest BCUT2D eigenvalue weighted by atomic mass is 19.2. The predicted molar refractivity (Wildman–Crippen MR) is 73.0 cm³/mol. The van der Waals surface area contributed by atoms with E-state index in [1.54, 1.807) is 0 Å². The second-order valence-electron chi connectivity index (χ2n) is 4.92. The summed E-state index contributed by atoms with van der Waals surface area (Å²) in [6, 6.07) is 3.48. The Morgan fingerprint density at radius 3 is 2.48 bits per heavy atom. The molecule has 1 rings (SSSR count). The van der Waals surface area contributed by atoms with Crippen LogP contribution in [0, 0.1) is 0 Å². The van der Waals surface area contributed by atoms with Crippen LogP contribution in [-0.2, 0) is 6.42 Å². The number of aromatic hydroxyl groups is 1. The number of aromatic carboxylic acids is 1. The number of rotatable bonds is 9. The van der Waals surface area contributed by atoms with Crippen LogP contribution in [0.2, 0.25) is 0 Å². The van der Waals surface area contributed by atoms with Gasteiger partial charge in [0.2, 0.25) is 0 Å². The molecule has 0 spiro atoms. The molecular formula is C15H19F3O3. The van der Waals surface area contributed by atoms with E-state index in [1.807, 2.05) is 0 Å². The third-order valence-electron chi connectivity index (χ3n) is 3.24. The molecule has 0 aliphatic heterocycles. The fourth-order valence-electron chi connectivity index (χ4n) is 2.09. The van der Waals surface area contributed by atoms with E-state index < -0.39 is 31.4 Å². The van der Waals surface area contributed by atoms with Crippen LogP contribution < -0.4 is 0 Å². The highest BCUT2D eigenvalue weighted by Crippen LogP contribution is 2.22. The molecular weight excluding hydrogens is 285 g/mol. The number of halogens is 3. The van der Waals surface area contributed by atoms with Gasteiger partial charge in [-0.15, -0.1) is 0 Å². The molecule has 1 aromatic rings. The van der Waals surface area contributed by atoms with Crippen LogP contribution >= 0.6 is 0 Å². The lowest BCUT2D eigenvalue weighted by Crippen LogP contribution is -2.21. The first-order valence-corrected chi connectivity index (χ1v) is 6.85. The van der Waals surface area contributed by atoms with Gasteiger partial charge in [0.25, 0.3) is 0 Å². The van der Waals surface area contributed by atoms with Crippen molar-refractivity contribution in [3.05, 3.63) is 29.3 Å². The molecule has 6 heteroatoms. The summed E-state index contributed by atoms with van der Waals surface area (Å²) in [4.78, 5) is 11.0. The Bertz CT molecular complexity index is 465. The summed E-state index contributed by atoms with van der Waals surface area (Å²) < 4.78 is 39.4. The first-order chi connectivity index (χ1) is 9.95. The molecule has 0 radical (unpaired) electrons. The molecule has 21 heavy (non-hydrogen) atoms. The van der Waals surface area contributed by atoms with Gasteiger partial charge in [-0.05, 0) is 36.6 Å². The minimum absolute atomic E-state index is 0.0254. The summed E-state index contributed by atoms with van der Waals surface area (Å²) in [5, 5.41) is 18.3. The zero-order valence-corrected chi connectivity index (χ0v) is 11.6. The monoisotopic (exact) mass is 304 g/mol.